The molecule has 1 aromatic carbocycles. The Kier molecular flexibility index (Phi) is 10.4. The molecule has 12 heteroatoms. The quantitative estimate of drug-likeness (QED) is 0.141. The van der Waals surface area contributed by atoms with Crippen molar-refractivity contribution in [1.82, 2.24) is 20.5 Å². The summed E-state index contributed by atoms with van der Waals surface area (Å²) in [6, 6.07) is 3.79. The zero-order valence-electron chi connectivity index (χ0n) is 20.7. The predicted octanol–water partition coefficient (Wildman–Crippen LogP) is 0.142. The first kappa shape index (κ1) is 28.5. The van der Waals surface area contributed by atoms with Crippen molar-refractivity contribution in [3.8, 4) is 0 Å². The fourth-order valence-electron chi connectivity index (χ4n) is 4.60. The van der Waals surface area contributed by atoms with Crippen molar-refractivity contribution in [2.75, 3.05) is 18.8 Å². The minimum absolute atomic E-state index is 0.107. The van der Waals surface area contributed by atoms with E-state index in [0.717, 1.165) is 16.5 Å². The molecule has 3 rings (SSSR count). The number of fused-ring (bicyclic) bond motifs is 1. The minimum atomic E-state index is -1.07. The van der Waals surface area contributed by atoms with E-state index < -0.39 is 47.9 Å². The van der Waals surface area contributed by atoms with Crippen molar-refractivity contribution >= 4 is 47.2 Å². The van der Waals surface area contributed by atoms with Crippen LogP contribution in [0.3, 0.4) is 0 Å². The maximum atomic E-state index is 13.6. The first-order valence-electron chi connectivity index (χ1n) is 12.5. The normalized spacial score (nSPS) is 17.8. The van der Waals surface area contributed by atoms with Crippen LogP contribution < -0.4 is 22.1 Å². The van der Waals surface area contributed by atoms with Crippen LogP contribution in [0.2, 0.25) is 0 Å². The maximum Gasteiger partial charge on any atom is 0.326 e. The van der Waals surface area contributed by atoms with Gasteiger partial charge >= 0.3 is 5.97 Å². The number of aromatic nitrogens is 1. The van der Waals surface area contributed by atoms with Gasteiger partial charge in [-0.3, -0.25) is 14.4 Å². The van der Waals surface area contributed by atoms with Gasteiger partial charge in [-0.2, -0.15) is 12.6 Å². The first-order valence-corrected chi connectivity index (χ1v) is 13.2. The molecule has 1 fully saturated rings. The zero-order chi connectivity index (χ0) is 26.9. The molecule has 1 saturated heterocycles. The van der Waals surface area contributed by atoms with Crippen LogP contribution in [0.15, 0.2) is 30.5 Å². The molecule has 1 aliphatic rings. The summed E-state index contributed by atoms with van der Waals surface area (Å²) in [6.07, 6.45) is 4.40. The number of benzene rings is 1. The van der Waals surface area contributed by atoms with Gasteiger partial charge < -0.3 is 37.1 Å². The second-order valence-corrected chi connectivity index (χ2v) is 9.65. The van der Waals surface area contributed by atoms with Crippen molar-refractivity contribution < 1.29 is 24.3 Å². The number of nitrogens with two attached hydrogens (primary N) is 2. The van der Waals surface area contributed by atoms with Gasteiger partial charge in [0.15, 0.2) is 0 Å². The van der Waals surface area contributed by atoms with E-state index in [9.17, 15) is 24.3 Å². The van der Waals surface area contributed by atoms with E-state index in [0.29, 0.717) is 45.2 Å². The van der Waals surface area contributed by atoms with Crippen molar-refractivity contribution in [3.05, 3.63) is 36.0 Å². The number of nitrogens with one attached hydrogen (secondary N) is 3. The van der Waals surface area contributed by atoms with Crippen LogP contribution in [0, 0.1) is 0 Å². The number of carboxylic acid groups (broad SMARTS) is 1. The average molecular weight is 533 g/mol. The number of hydrogen-bond donors (Lipinski definition) is 7. The zero-order valence-corrected chi connectivity index (χ0v) is 21.6. The second kappa shape index (κ2) is 13.5. The minimum Gasteiger partial charge on any atom is -0.480 e. The first-order chi connectivity index (χ1) is 17.8. The number of unbranched alkanes of at least 4 members (excludes halogenated alkanes) is 1. The number of para-hydroxylation sites is 1. The van der Waals surface area contributed by atoms with E-state index in [1.807, 2.05) is 24.3 Å². The van der Waals surface area contributed by atoms with Gasteiger partial charge in [0.2, 0.25) is 17.7 Å². The number of carbonyl (C=O) groups is 4. The Morgan fingerprint density at radius 1 is 1.14 bits per heavy atom. The van der Waals surface area contributed by atoms with E-state index >= 15 is 0 Å². The highest BCUT2D eigenvalue weighted by Crippen LogP contribution is 2.23. The third-order valence-electron chi connectivity index (χ3n) is 6.65. The van der Waals surface area contributed by atoms with Crippen LogP contribution >= 0.6 is 12.6 Å². The Balaban J connectivity index is 1.86. The average Bonchev–Trinajstić information content (AvgIpc) is 3.54. The number of hydrogen-bond acceptors (Lipinski definition) is 7. The highest BCUT2D eigenvalue weighted by atomic mass is 32.1. The fraction of sp³-hybridized carbons (Fsp3) is 0.520. The van der Waals surface area contributed by atoms with Crippen LogP contribution in [0.25, 0.3) is 10.9 Å². The Morgan fingerprint density at radius 3 is 2.57 bits per heavy atom. The maximum absolute atomic E-state index is 13.6. The van der Waals surface area contributed by atoms with Gasteiger partial charge in [0, 0.05) is 35.8 Å². The SMILES string of the molecule is NCCCCC(NC(=O)C(N)CS)C(=O)NC(Cc1c[nH]c2ccccc12)C(=O)N1CCCC1C(=O)O. The van der Waals surface area contributed by atoms with E-state index in [1.54, 1.807) is 6.20 Å². The number of H-pyrrole nitrogens is 1. The summed E-state index contributed by atoms with van der Waals surface area (Å²) in [7, 11) is 0. The number of thiol groups is 1. The van der Waals surface area contributed by atoms with Crippen LogP contribution in [-0.4, -0.2) is 81.7 Å². The second-order valence-electron chi connectivity index (χ2n) is 9.29. The van der Waals surface area contributed by atoms with Crippen molar-refractivity contribution in [1.29, 1.82) is 0 Å². The smallest absolute Gasteiger partial charge is 0.326 e. The molecule has 0 radical (unpaired) electrons. The standard InChI is InChI=1S/C25H36N6O5S/c26-10-4-3-8-19(29-22(32)17(27)14-37)23(33)30-20(24(34)31-11-5-9-21(31)25(35)36)12-15-13-28-18-7-2-1-6-16(15)18/h1-2,6-7,13,17,19-21,28,37H,3-5,8-12,14,26-27H2,(H,29,32)(H,30,33)(H,35,36). The largest absolute Gasteiger partial charge is 0.480 e. The molecular formula is C25H36N6O5S. The molecule has 4 unspecified atom stereocenters. The summed E-state index contributed by atoms with van der Waals surface area (Å²) in [5.74, 6) is -2.50. The molecule has 3 amide bonds. The van der Waals surface area contributed by atoms with Crippen LogP contribution in [0.4, 0.5) is 0 Å². The number of carboxylic acids is 1. The molecule has 0 bridgehead atoms. The number of amides is 3. The molecule has 8 N–H and O–H groups in total. The highest BCUT2D eigenvalue weighted by molar-refractivity contribution is 7.80. The van der Waals surface area contributed by atoms with Gasteiger partial charge in [-0.15, -0.1) is 0 Å². The summed E-state index contributed by atoms with van der Waals surface area (Å²) >= 11 is 4.05. The number of carbonyl (C=O) groups excluding carboxylic acids is 3. The Labute approximate surface area is 221 Å². The molecule has 1 aliphatic heterocycles. The Hall–Kier alpha value is -3.09. The summed E-state index contributed by atoms with van der Waals surface area (Å²) in [5, 5.41) is 16.0. The monoisotopic (exact) mass is 532 g/mol. The molecule has 4 atom stereocenters. The summed E-state index contributed by atoms with van der Waals surface area (Å²) in [4.78, 5) is 55.7. The van der Waals surface area contributed by atoms with Crippen molar-refractivity contribution in [2.45, 2.75) is 62.7 Å². The van der Waals surface area contributed by atoms with Gasteiger partial charge in [-0.05, 0) is 50.3 Å². The number of aromatic amines is 1. The fourth-order valence-corrected chi connectivity index (χ4v) is 4.77. The van der Waals surface area contributed by atoms with Gasteiger partial charge in [-0.1, -0.05) is 18.2 Å². The van der Waals surface area contributed by atoms with Gasteiger partial charge in [0.1, 0.15) is 18.1 Å². The molecule has 2 aromatic rings. The van der Waals surface area contributed by atoms with Crippen LogP contribution in [0.1, 0.15) is 37.7 Å². The lowest BCUT2D eigenvalue weighted by Gasteiger charge is -2.29. The molecule has 202 valence electrons. The Morgan fingerprint density at radius 2 is 1.86 bits per heavy atom. The van der Waals surface area contributed by atoms with E-state index in [4.69, 9.17) is 11.5 Å². The van der Waals surface area contributed by atoms with Gasteiger partial charge in [0.25, 0.3) is 0 Å². The van der Waals surface area contributed by atoms with Gasteiger partial charge in [-0.25, -0.2) is 4.79 Å². The van der Waals surface area contributed by atoms with Crippen molar-refractivity contribution in [3.63, 3.8) is 0 Å². The van der Waals surface area contributed by atoms with Crippen molar-refractivity contribution in [2.24, 2.45) is 11.5 Å². The number of rotatable bonds is 13. The lowest BCUT2D eigenvalue weighted by atomic mass is 10.0. The van der Waals surface area contributed by atoms with E-state index in [2.05, 4.69) is 28.2 Å². The molecule has 11 nitrogen and oxygen atoms in total. The molecular weight excluding hydrogens is 496 g/mol. The molecule has 1 aromatic heterocycles. The number of nitrogens with zero attached hydrogens (tertiary/aromatic N) is 1. The molecule has 2 heterocycles. The third kappa shape index (κ3) is 7.24. The summed E-state index contributed by atoms with van der Waals surface area (Å²) in [6.45, 7) is 0.731. The molecule has 0 saturated carbocycles. The van der Waals surface area contributed by atoms with E-state index in [-0.39, 0.29) is 12.2 Å². The Bertz CT molecular complexity index is 1110. The predicted molar refractivity (Wildman–Crippen MR) is 143 cm³/mol. The van der Waals surface area contributed by atoms with Gasteiger partial charge in [0.05, 0.1) is 6.04 Å². The molecule has 0 spiro atoms. The van der Waals surface area contributed by atoms with E-state index in [1.165, 1.54) is 4.90 Å². The topological polar surface area (TPSA) is 184 Å². The molecule has 0 aliphatic carbocycles. The van der Waals surface area contributed by atoms with Crippen LogP contribution in [-0.2, 0) is 25.6 Å². The third-order valence-corrected chi connectivity index (χ3v) is 7.04. The molecule has 37 heavy (non-hydrogen) atoms. The van der Waals surface area contributed by atoms with Crippen LogP contribution in [0.5, 0.6) is 0 Å². The lowest BCUT2D eigenvalue weighted by molar-refractivity contribution is -0.149. The summed E-state index contributed by atoms with van der Waals surface area (Å²) in [5.41, 5.74) is 13.1. The number of aliphatic carboxylic acids is 1. The summed E-state index contributed by atoms with van der Waals surface area (Å²) < 4.78 is 0. The highest BCUT2D eigenvalue weighted by Gasteiger charge is 2.38. The number of likely N-dealkylation sites (tertiary alicyclic amines) is 1. The lowest BCUT2D eigenvalue weighted by Crippen LogP contribution is -2.57.